The molecule has 1 aromatic carbocycles. The van der Waals surface area contributed by atoms with Crippen molar-refractivity contribution in [3.8, 4) is 0 Å². The molecule has 1 N–H and O–H groups in total. The molecule has 0 spiro atoms. The summed E-state index contributed by atoms with van der Waals surface area (Å²) >= 11 is 6.03. The van der Waals surface area contributed by atoms with Crippen molar-refractivity contribution in [2.45, 2.75) is 38.6 Å². The minimum atomic E-state index is -0.137. The van der Waals surface area contributed by atoms with E-state index in [0.717, 1.165) is 50.9 Å². The van der Waals surface area contributed by atoms with Crippen LogP contribution >= 0.6 is 11.6 Å². The predicted octanol–water partition coefficient (Wildman–Crippen LogP) is 3.45. The van der Waals surface area contributed by atoms with Gasteiger partial charge in [-0.15, -0.1) is 0 Å². The van der Waals surface area contributed by atoms with Crippen molar-refractivity contribution in [2.24, 2.45) is 5.92 Å². The maximum atomic E-state index is 12.7. The molecule has 2 heterocycles. The van der Waals surface area contributed by atoms with Crippen molar-refractivity contribution in [3.05, 3.63) is 34.9 Å². The van der Waals surface area contributed by atoms with Gasteiger partial charge in [0.25, 0.3) is 0 Å². The molecule has 0 saturated carbocycles. The van der Waals surface area contributed by atoms with Crippen molar-refractivity contribution in [1.29, 1.82) is 0 Å². The Morgan fingerprint density at radius 1 is 1.16 bits per heavy atom. The van der Waals surface area contributed by atoms with E-state index >= 15 is 0 Å². The fraction of sp³-hybridized carbons (Fsp3) is 0.579. The third kappa shape index (κ3) is 4.46. The van der Waals surface area contributed by atoms with E-state index in [1.807, 2.05) is 41.0 Å². The predicted molar refractivity (Wildman–Crippen MR) is 98.5 cm³/mol. The zero-order chi connectivity index (χ0) is 17.8. The first-order valence-corrected chi connectivity index (χ1v) is 9.52. The highest BCUT2D eigenvalue weighted by Gasteiger charge is 2.31. The molecule has 2 aliphatic rings. The number of hydrogen-bond donors (Lipinski definition) is 1. The molecule has 3 amide bonds. The standard InChI is InChI=1S/C19H26ClN3O2/c1-14(15-6-4-8-17(20)12-15)21-18(24)16-7-5-11-23(13-16)19(25)22-9-2-3-10-22/h4,6,8,12,14,16H,2-3,5,7,9-11,13H2,1H3,(H,21,24)/t14-,16+/m0/s1. The second-order valence-corrected chi connectivity index (χ2v) is 7.48. The van der Waals surface area contributed by atoms with Crippen molar-refractivity contribution >= 4 is 23.5 Å². The number of urea groups is 1. The number of halogens is 1. The van der Waals surface area contributed by atoms with Crippen LogP contribution in [-0.4, -0.2) is 47.9 Å². The fourth-order valence-corrected chi connectivity index (χ4v) is 3.86. The monoisotopic (exact) mass is 363 g/mol. The zero-order valence-corrected chi connectivity index (χ0v) is 15.5. The van der Waals surface area contributed by atoms with E-state index in [0.29, 0.717) is 11.6 Å². The van der Waals surface area contributed by atoms with Crippen LogP contribution in [0, 0.1) is 5.92 Å². The lowest BCUT2D eigenvalue weighted by atomic mass is 9.96. The topological polar surface area (TPSA) is 52.7 Å². The first-order chi connectivity index (χ1) is 12.0. The first kappa shape index (κ1) is 18.1. The largest absolute Gasteiger partial charge is 0.349 e. The quantitative estimate of drug-likeness (QED) is 0.894. The lowest BCUT2D eigenvalue weighted by molar-refractivity contribution is -0.127. The van der Waals surface area contributed by atoms with Crippen molar-refractivity contribution in [1.82, 2.24) is 15.1 Å². The number of likely N-dealkylation sites (tertiary alicyclic amines) is 2. The maximum Gasteiger partial charge on any atom is 0.320 e. The van der Waals surface area contributed by atoms with E-state index in [1.54, 1.807) is 0 Å². The molecule has 2 saturated heterocycles. The molecule has 6 heteroatoms. The third-order valence-electron chi connectivity index (χ3n) is 5.15. The Morgan fingerprint density at radius 3 is 2.60 bits per heavy atom. The molecule has 136 valence electrons. The molecule has 3 rings (SSSR count). The van der Waals surface area contributed by atoms with Crippen LogP contribution in [-0.2, 0) is 4.79 Å². The summed E-state index contributed by atoms with van der Waals surface area (Å²) in [5.41, 5.74) is 0.988. The van der Waals surface area contributed by atoms with Crippen LogP contribution in [0.4, 0.5) is 4.79 Å². The normalized spacial score (nSPS) is 21.9. The number of rotatable bonds is 3. The summed E-state index contributed by atoms with van der Waals surface area (Å²) < 4.78 is 0. The third-order valence-corrected chi connectivity index (χ3v) is 5.38. The van der Waals surface area contributed by atoms with E-state index in [4.69, 9.17) is 11.6 Å². The highest BCUT2D eigenvalue weighted by Crippen LogP contribution is 2.22. The number of nitrogens with zero attached hydrogens (tertiary/aromatic N) is 2. The van der Waals surface area contributed by atoms with Gasteiger partial charge >= 0.3 is 6.03 Å². The van der Waals surface area contributed by atoms with Crippen LogP contribution in [0.3, 0.4) is 0 Å². The SMILES string of the molecule is C[C@H](NC(=O)[C@@H]1CCCN(C(=O)N2CCCC2)C1)c1cccc(Cl)c1. The Kier molecular flexibility index (Phi) is 5.84. The lowest BCUT2D eigenvalue weighted by Crippen LogP contribution is -2.49. The van der Waals surface area contributed by atoms with Gasteiger partial charge in [-0.1, -0.05) is 23.7 Å². The van der Waals surface area contributed by atoms with Gasteiger partial charge in [0.2, 0.25) is 5.91 Å². The summed E-state index contributed by atoms with van der Waals surface area (Å²) in [7, 11) is 0. The van der Waals surface area contributed by atoms with Gasteiger partial charge in [-0.3, -0.25) is 4.79 Å². The van der Waals surface area contributed by atoms with Gasteiger partial charge in [-0.25, -0.2) is 4.79 Å². The fourth-order valence-electron chi connectivity index (χ4n) is 3.66. The summed E-state index contributed by atoms with van der Waals surface area (Å²) in [6, 6.07) is 7.53. The Morgan fingerprint density at radius 2 is 1.88 bits per heavy atom. The van der Waals surface area contributed by atoms with E-state index in [9.17, 15) is 9.59 Å². The smallest absolute Gasteiger partial charge is 0.320 e. The summed E-state index contributed by atoms with van der Waals surface area (Å²) in [6.07, 6.45) is 3.88. The van der Waals surface area contributed by atoms with Crippen molar-refractivity contribution in [3.63, 3.8) is 0 Å². The second-order valence-electron chi connectivity index (χ2n) is 7.05. The van der Waals surface area contributed by atoms with E-state index < -0.39 is 0 Å². The summed E-state index contributed by atoms with van der Waals surface area (Å²) in [5.74, 6) is -0.117. The second kappa shape index (κ2) is 8.09. The van der Waals surface area contributed by atoms with E-state index in [-0.39, 0.29) is 23.9 Å². The number of amides is 3. The van der Waals surface area contributed by atoms with Gasteiger partial charge in [0.05, 0.1) is 12.0 Å². The Hall–Kier alpha value is -1.75. The number of nitrogens with one attached hydrogen (secondary N) is 1. The molecule has 5 nitrogen and oxygen atoms in total. The maximum absolute atomic E-state index is 12.7. The van der Waals surface area contributed by atoms with Crippen LogP contribution in [0.5, 0.6) is 0 Å². The van der Waals surface area contributed by atoms with Crippen LogP contribution in [0.2, 0.25) is 5.02 Å². The molecule has 0 radical (unpaired) electrons. The highest BCUT2D eigenvalue weighted by molar-refractivity contribution is 6.30. The van der Waals surface area contributed by atoms with E-state index in [1.165, 1.54) is 0 Å². The first-order valence-electron chi connectivity index (χ1n) is 9.14. The minimum Gasteiger partial charge on any atom is -0.349 e. The molecular formula is C19H26ClN3O2. The molecule has 0 aromatic heterocycles. The van der Waals surface area contributed by atoms with Crippen LogP contribution in [0.25, 0.3) is 0 Å². The summed E-state index contributed by atoms with van der Waals surface area (Å²) in [5, 5.41) is 3.74. The number of carbonyl (C=O) groups excluding carboxylic acids is 2. The summed E-state index contributed by atoms with van der Waals surface area (Å²) in [6.45, 7) is 4.92. The minimum absolute atomic E-state index is 0.0198. The zero-order valence-electron chi connectivity index (χ0n) is 14.7. The number of piperidine rings is 1. The summed E-state index contributed by atoms with van der Waals surface area (Å²) in [4.78, 5) is 29.0. The van der Waals surface area contributed by atoms with Gasteiger partial charge < -0.3 is 15.1 Å². The van der Waals surface area contributed by atoms with Gasteiger partial charge in [0.1, 0.15) is 0 Å². The number of hydrogen-bond acceptors (Lipinski definition) is 2. The van der Waals surface area contributed by atoms with Crippen LogP contribution < -0.4 is 5.32 Å². The molecular weight excluding hydrogens is 338 g/mol. The van der Waals surface area contributed by atoms with Gasteiger partial charge in [0.15, 0.2) is 0 Å². The number of carbonyl (C=O) groups is 2. The average Bonchev–Trinajstić information content (AvgIpc) is 3.15. The molecule has 2 fully saturated rings. The molecule has 2 aliphatic heterocycles. The van der Waals surface area contributed by atoms with Crippen molar-refractivity contribution < 1.29 is 9.59 Å². The lowest BCUT2D eigenvalue weighted by Gasteiger charge is -2.35. The Labute approximate surface area is 154 Å². The molecule has 1 aromatic rings. The van der Waals surface area contributed by atoms with Crippen LogP contribution in [0.15, 0.2) is 24.3 Å². The van der Waals surface area contributed by atoms with Crippen molar-refractivity contribution in [2.75, 3.05) is 26.2 Å². The molecule has 25 heavy (non-hydrogen) atoms. The average molecular weight is 364 g/mol. The molecule has 0 bridgehead atoms. The Balaban J connectivity index is 1.57. The van der Waals surface area contributed by atoms with Crippen LogP contribution in [0.1, 0.15) is 44.2 Å². The van der Waals surface area contributed by atoms with Gasteiger partial charge in [-0.2, -0.15) is 0 Å². The molecule has 2 atom stereocenters. The molecule has 0 unspecified atom stereocenters. The Bertz CT molecular complexity index is 631. The highest BCUT2D eigenvalue weighted by atomic mass is 35.5. The van der Waals surface area contributed by atoms with E-state index in [2.05, 4.69) is 5.32 Å². The van der Waals surface area contributed by atoms with Gasteiger partial charge in [-0.05, 0) is 50.3 Å². The van der Waals surface area contributed by atoms with Gasteiger partial charge in [0, 0.05) is 31.2 Å². The molecule has 0 aliphatic carbocycles. The number of benzene rings is 1.